The number of benzene rings is 1. The Kier molecular flexibility index (Phi) is 13.6. The summed E-state index contributed by atoms with van der Waals surface area (Å²) in [6, 6.07) is 5.97. The van der Waals surface area contributed by atoms with E-state index < -0.39 is 48.0 Å². The predicted octanol–water partition coefficient (Wildman–Crippen LogP) is 3.00. The molecule has 0 spiro atoms. The fourth-order valence-electron chi connectivity index (χ4n) is 6.02. The minimum absolute atomic E-state index is 0.0179. The molecule has 3 rings (SSSR count). The molecule has 254 valence electrons. The first-order valence-electron chi connectivity index (χ1n) is 16.3. The molecule has 0 aromatic heterocycles. The van der Waals surface area contributed by atoms with Gasteiger partial charge in [0.1, 0.15) is 24.0 Å². The molecule has 2 N–H and O–H groups in total. The molecule has 12 nitrogen and oxygen atoms in total. The first kappa shape index (κ1) is 36.5. The van der Waals surface area contributed by atoms with E-state index >= 15 is 0 Å². The molecule has 2 aliphatic heterocycles. The molecular formula is C34H50N4O8. The lowest BCUT2D eigenvalue weighted by atomic mass is 9.88. The summed E-state index contributed by atoms with van der Waals surface area (Å²) in [7, 11) is 2.80. The topological polar surface area (TPSA) is 151 Å². The Labute approximate surface area is 271 Å². The summed E-state index contributed by atoms with van der Waals surface area (Å²) in [6.45, 7) is 8.19. The molecule has 1 saturated heterocycles. The summed E-state index contributed by atoms with van der Waals surface area (Å²) < 4.78 is 10.8. The van der Waals surface area contributed by atoms with Gasteiger partial charge in [-0.2, -0.15) is 0 Å². The fourth-order valence-corrected chi connectivity index (χ4v) is 6.02. The number of hydrogen-bond acceptors (Lipinski definition) is 8. The van der Waals surface area contributed by atoms with Crippen LogP contribution in [0.5, 0.6) is 0 Å². The van der Waals surface area contributed by atoms with Crippen LogP contribution in [0.2, 0.25) is 0 Å². The molecule has 12 heteroatoms. The first-order valence-corrected chi connectivity index (χ1v) is 16.3. The highest BCUT2D eigenvalue weighted by atomic mass is 16.6. The molecule has 2 heterocycles. The molecule has 46 heavy (non-hydrogen) atoms. The minimum atomic E-state index is -0.979. The zero-order valence-corrected chi connectivity index (χ0v) is 28.0. The van der Waals surface area contributed by atoms with Crippen molar-refractivity contribution >= 4 is 35.6 Å². The van der Waals surface area contributed by atoms with E-state index in [2.05, 4.69) is 10.6 Å². The lowest BCUT2D eigenvalue weighted by Crippen LogP contribution is -2.55. The van der Waals surface area contributed by atoms with Crippen LogP contribution < -0.4 is 10.6 Å². The third-order valence-corrected chi connectivity index (χ3v) is 8.88. The van der Waals surface area contributed by atoms with Crippen LogP contribution in [0.3, 0.4) is 0 Å². The number of ketones is 1. The SMILES string of the molecule is CNC(=O)CCCCC(=O)C[C@H](C(=O)NC(C(=O)N1CC(OC(=O)N2CCc3ccccc3C2)C[C@H]1C(=O)OC)C(C)C)C(C)C. The van der Waals surface area contributed by atoms with Gasteiger partial charge in [-0.3, -0.25) is 19.2 Å². The molecular weight excluding hydrogens is 592 g/mol. The normalized spacial score (nSPS) is 18.9. The molecule has 0 bridgehead atoms. The molecule has 0 saturated carbocycles. The number of likely N-dealkylation sites (tertiary alicyclic amines) is 1. The van der Waals surface area contributed by atoms with Crippen LogP contribution in [0.15, 0.2) is 24.3 Å². The number of carbonyl (C=O) groups is 6. The van der Waals surface area contributed by atoms with Crippen molar-refractivity contribution in [1.82, 2.24) is 20.4 Å². The van der Waals surface area contributed by atoms with Crippen LogP contribution in [0.25, 0.3) is 0 Å². The highest BCUT2D eigenvalue weighted by Crippen LogP contribution is 2.27. The number of ether oxygens (including phenoxy) is 2. The summed E-state index contributed by atoms with van der Waals surface area (Å²) in [5.74, 6) is -2.84. The Balaban J connectivity index is 1.65. The van der Waals surface area contributed by atoms with Crippen LogP contribution in [0.1, 0.15) is 77.3 Å². The highest BCUT2D eigenvalue weighted by Gasteiger charge is 2.45. The average molecular weight is 643 g/mol. The number of fused-ring (bicyclic) bond motifs is 1. The Hall–Kier alpha value is -3.96. The second-order valence-electron chi connectivity index (χ2n) is 12.9. The Morgan fingerprint density at radius 1 is 0.957 bits per heavy atom. The monoisotopic (exact) mass is 642 g/mol. The van der Waals surface area contributed by atoms with Crippen molar-refractivity contribution in [3.05, 3.63) is 35.4 Å². The molecule has 1 fully saturated rings. The number of esters is 1. The van der Waals surface area contributed by atoms with E-state index in [4.69, 9.17) is 9.47 Å². The van der Waals surface area contributed by atoms with Gasteiger partial charge < -0.3 is 29.9 Å². The largest absolute Gasteiger partial charge is 0.467 e. The number of nitrogens with one attached hydrogen (secondary N) is 2. The van der Waals surface area contributed by atoms with Crippen molar-refractivity contribution in [3.8, 4) is 0 Å². The average Bonchev–Trinajstić information content (AvgIpc) is 3.46. The van der Waals surface area contributed by atoms with E-state index in [0.29, 0.717) is 38.8 Å². The van der Waals surface area contributed by atoms with Gasteiger partial charge in [0.15, 0.2) is 0 Å². The maximum atomic E-state index is 13.9. The molecule has 4 amide bonds. The number of amides is 4. The van der Waals surface area contributed by atoms with Gasteiger partial charge in [0.05, 0.1) is 13.7 Å². The number of hydrogen-bond donors (Lipinski definition) is 2. The number of Topliss-reactive ketones (excluding diaryl/α,β-unsaturated/α-hetero) is 1. The van der Waals surface area contributed by atoms with Crippen molar-refractivity contribution in [3.63, 3.8) is 0 Å². The summed E-state index contributed by atoms with van der Waals surface area (Å²) >= 11 is 0. The third kappa shape index (κ3) is 9.77. The number of carbonyl (C=O) groups excluding carboxylic acids is 6. The molecule has 0 aliphatic carbocycles. The van der Waals surface area contributed by atoms with E-state index in [1.807, 2.05) is 38.1 Å². The quantitative estimate of drug-likeness (QED) is 0.232. The van der Waals surface area contributed by atoms with Gasteiger partial charge in [0, 0.05) is 51.7 Å². The van der Waals surface area contributed by atoms with Crippen molar-refractivity contribution in [1.29, 1.82) is 0 Å². The molecule has 1 aromatic carbocycles. The van der Waals surface area contributed by atoms with E-state index in [1.165, 1.54) is 17.6 Å². The highest BCUT2D eigenvalue weighted by molar-refractivity contribution is 5.93. The van der Waals surface area contributed by atoms with E-state index in [1.54, 1.807) is 25.8 Å². The summed E-state index contributed by atoms with van der Waals surface area (Å²) in [4.78, 5) is 80.5. The van der Waals surface area contributed by atoms with Crippen molar-refractivity contribution < 1.29 is 38.2 Å². The van der Waals surface area contributed by atoms with Gasteiger partial charge in [-0.25, -0.2) is 9.59 Å². The lowest BCUT2D eigenvalue weighted by Gasteiger charge is -2.31. The van der Waals surface area contributed by atoms with Crippen LogP contribution in [-0.2, 0) is 46.4 Å². The summed E-state index contributed by atoms with van der Waals surface area (Å²) in [5.41, 5.74) is 2.25. The summed E-state index contributed by atoms with van der Waals surface area (Å²) in [6.07, 6.45) is 1.30. The molecule has 2 aliphatic rings. The lowest BCUT2D eigenvalue weighted by molar-refractivity contribution is -0.152. The Morgan fingerprint density at radius 2 is 1.63 bits per heavy atom. The van der Waals surface area contributed by atoms with Crippen molar-refractivity contribution in [2.24, 2.45) is 17.8 Å². The second-order valence-corrected chi connectivity index (χ2v) is 12.9. The molecule has 0 radical (unpaired) electrons. The van der Waals surface area contributed by atoms with Crippen LogP contribution >= 0.6 is 0 Å². The minimum Gasteiger partial charge on any atom is -0.467 e. The number of methoxy groups -OCH3 is 1. The van der Waals surface area contributed by atoms with Gasteiger partial charge in [-0.15, -0.1) is 0 Å². The van der Waals surface area contributed by atoms with Gasteiger partial charge >= 0.3 is 12.1 Å². The van der Waals surface area contributed by atoms with Gasteiger partial charge in [0.2, 0.25) is 17.7 Å². The van der Waals surface area contributed by atoms with E-state index in [-0.39, 0.29) is 49.3 Å². The van der Waals surface area contributed by atoms with Crippen molar-refractivity contribution in [2.75, 3.05) is 27.2 Å². The molecule has 2 unspecified atom stereocenters. The zero-order valence-electron chi connectivity index (χ0n) is 28.0. The fraction of sp³-hybridized carbons (Fsp3) is 0.647. The van der Waals surface area contributed by atoms with E-state index in [9.17, 15) is 28.8 Å². The van der Waals surface area contributed by atoms with Crippen LogP contribution in [0, 0.1) is 17.8 Å². The number of rotatable bonds is 14. The van der Waals surface area contributed by atoms with Crippen LogP contribution in [-0.4, -0.2) is 90.8 Å². The summed E-state index contributed by atoms with van der Waals surface area (Å²) in [5, 5.41) is 5.41. The molecule has 1 aromatic rings. The Morgan fingerprint density at radius 3 is 2.26 bits per heavy atom. The number of nitrogens with zero attached hydrogens (tertiary/aromatic N) is 2. The van der Waals surface area contributed by atoms with Crippen molar-refractivity contribution in [2.45, 2.75) is 97.4 Å². The standard InChI is InChI=1S/C34H50N4O8/c1-21(2)27(17-25(39)13-9-10-14-29(40)35-5)31(41)36-30(22(3)4)32(42)38-20-26(18-28(38)33(43)45-6)46-34(44)37-16-15-23-11-7-8-12-24(23)19-37/h7-8,11-12,21-22,26-28,30H,9-10,13-20H2,1-6H3,(H,35,40)(H,36,41)/t26?,27-,28-,30?/m0/s1. The van der Waals surface area contributed by atoms with Crippen LogP contribution in [0.4, 0.5) is 4.79 Å². The van der Waals surface area contributed by atoms with E-state index in [0.717, 1.165) is 5.56 Å². The second kappa shape index (κ2) is 17.1. The predicted molar refractivity (Wildman–Crippen MR) is 170 cm³/mol. The number of unbranched alkanes of at least 4 members (excludes halogenated alkanes) is 1. The maximum Gasteiger partial charge on any atom is 0.410 e. The molecule has 4 atom stereocenters. The zero-order chi connectivity index (χ0) is 34.0. The van der Waals surface area contributed by atoms with Gasteiger partial charge in [-0.05, 0) is 42.2 Å². The van der Waals surface area contributed by atoms with Gasteiger partial charge in [0.25, 0.3) is 0 Å². The third-order valence-electron chi connectivity index (χ3n) is 8.88. The van der Waals surface area contributed by atoms with Gasteiger partial charge in [-0.1, -0.05) is 52.0 Å². The smallest absolute Gasteiger partial charge is 0.410 e. The maximum absolute atomic E-state index is 13.9. The first-order chi connectivity index (χ1) is 21.9. The Bertz CT molecular complexity index is 1270.